The van der Waals surface area contributed by atoms with Crippen molar-refractivity contribution in [2.45, 2.75) is 31.4 Å². The zero-order valence-corrected chi connectivity index (χ0v) is 13.8. The van der Waals surface area contributed by atoms with E-state index in [1.165, 1.54) is 0 Å². The van der Waals surface area contributed by atoms with E-state index < -0.39 is 0 Å². The van der Waals surface area contributed by atoms with Crippen molar-refractivity contribution in [1.82, 2.24) is 15.1 Å². The van der Waals surface area contributed by atoms with Crippen molar-refractivity contribution in [3.8, 4) is 5.75 Å². The highest BCUT2D eigenvalue weighted by molar-refractivity contribution is 5.76. The van der Waals surface area contributed by atoms with Crippen LogP contribution in [0.5, 0.6) is 5.75 Å². The Balaban J connectivity index is 1.53. The topological polar surface area (TPSA) is 76.4 Å². The Bertz CT molecular complexity index is 665. The first-order valence-corrected chi connectivity index (χ1v) is 8.25. The largest absolute Gasteiger partial charge is 0.493 e. The smallest absolute Gasteiger partial charge is 0.223 e. The molecule has 1 aliphatic rings. The predicted molar refractivity (Wildman–Crippen MR) is 89.4 cm³/mol. The molecule has 6 nitrogen and oxygen atoms in total. The number of amides is 1. The second-order valence-electron chi connectivity index (χ2n) is 6.29. The van der Waals surface area contributed by atoms with Gasteiger partial charge in [0.2, 0.25) is 5.91 Å². The number of carbonyl (C=O) groups excluding carboxylic acids is 1. The minimum absolute atomic E-state index is 0.0545. The summed E-state index contributed by atoms with van der Waals surface area (Å²) in [6.07, 6.45) is 5.14. The summed E-state index contributed by atoms with van der Waals surface area (Å²) < 4.78 is 7.29. The van der Waals surface area contributed by atoms with Crippen LogP contribution in [0.4, 0.5) is 0 Å². The average molecular weight is 329 g/mol. The molecular weight excluding hydrogens is 306 g/mol. The van der Waals surface area contributed by atoms with E-state index in [4.69, 9.17) is 4.74 Å². The number of rotatable bonds is 7. The van der Waals surface area contributed by atoms with Crippen molar-refractivity contribution >= 4 is 5.91 Å². The summed E-state index contributed by atoms with van der Waals surface area (Å²) in [5, 5.41) is 16.8. The quantitative estimate of drug-likeness (QED) is 0.812. The van der Waals surface area contributed by atoms with Crippen LogP contribution < -0.4 is 10.1 Å². The molecule has 0 spiro atoms. The molecule has 0 bridgehead atoms. The maximum atomic E-state index is 12.3. The molecule has 1 aromatic heterocycles. The van der Waals surface area contributed by atoms with Crippen LogP contribution in [0.15, 0.2) is 42.7 Å². The molecule has 2 aromatic rings. The molecule has 1 atom stereocenters. The van der Waals surface area contributed by atoms with Gasteiger partial charge in [-0.15, -0.1) is 0 Å². The minimum atomic E-state index is -0.257. The summed E-state index contributed by atoms with van der Waals surface area (Å²) in [4.78, 5) is 12.3. The lowest BCUT2D eigenvalue weighted by Crippen LogP contribution is -2.41. The van der Waals surface area contributed by atoms with E-state index in [9.17, 15) is 9.90 Å². The van der Waals surface area contributed by atoms with Crippen LogP contribution in [0.3, 0.4) is 0 Å². The molecule has 0 unspecified atom stereocenters. The van der Waals surface area contributed by atoms with E-state index in [0.29, 0.717) is 25.9 Å². The fraction of sp³-hybridized carbons (Fsp3) is 0.444. The Hall–Kier alpha value is -2.34. The number of para-hydroxylation sites is 1. The number of nitrogens with one attached hydrogen (secondary N) is 1. The lowest BCUT2D eigenvalue weighted by atomic mass is 9.75. The fourth-order valence-electron chi connectivity index (χ4n) is 3.00. The summed E-state index contributed by atoms with van der Waals surface area (Å²) in [6.45, 7) is 0.336. The SMILES string of the molecule is Cn1cc([C@H](NC(=O)CCOc2ccccc2)C2CC(O)C2)cn1. The Morgan fingerprint density at radius 1 is 1.42 bits per heavy atom. The highest BCUT2D eigenvalue weighted by Crippen LogP contribution is 2.37. The lowest BCUT2D eigenvalue weighted by Gasteiger charge is -2.37. The molecule has 128 valence electrons. The molecule has 1 aliphatic carbocycles. The van der Waals surface area contributed by atoms with E-state index in [-0.39, 0.29) is 24.0 Å². The Morgan fingerprint density at radius 2 is 2.17 bits per heavy atom. The van der Waals surface area contributed by atoms with Gasteiger partial charge in [-0.25, -0.2) is 0 Å². The van der Waals surface area contributed by atoms with E-state index in [1.54, 1.807) is 10.9 Å². The molecule has 24 heavy (non-hydrogen) atoms. The monoisotopic (exact) mass is 329 g/mol. The third kappa shape index (κ3) is 4.14. The Labute approximate surface area is 141 Å². The average Bonchev–Trinajstić information content (AvgIpc) is 2.97. The number of ether oxygens (including phenoxy) is 1. The van der Waals surface area contributed by atoms with Gasteiger partial charge in [0.1, 0.15) is 5.75 Å². The summed E-state index contributed by atoms with van der Waals surface area (Å²) >= 11 is 0. The van der Waals surface area contributed by atoms with Crippen LogP contribution in [0.25, 0.3) is 0 Å². The van der Waals surface area contributed by atoms with E-state index in [1.807, 2.05) is 43.6 Å². The molecule has 6 heteroatoms. The van der Waals surface area contributed by atoms with Gasteiger partial charge in [-0.05, 0) is 30.9 Å². The van der Waals surface area contributed by atoms with E-state index in [2.05, 4.69) is 10.4 Å². The van der Waals surface area contributed by atoms with Gasteiger partial charge < -0.3 is 15.2 Å². The Kier molecular flexibility index (Phi) is 5.15. The lowest BCUT2D eigenvalue weighted by molar-refractivity contribution is -0.123. The molecule has 1 aromatic carbocycles. The standard InChI is InChI=1S/C18H23N3O3/c1-21-12-14(11-19-21)18(13-9-15(22)10-13)20-17(23)7-8-24-16-5-3-2-4-6-16/h2-6,11-13,15,18,22H,7-10H2,1H3,(H,20,23)/t13?,15?,18-/m1/s1. The molecule has 1 saturated carbocycles. The van der Waals surface area contributed by atoms with Crippen LogP contribution in [0, 0.1) is 5.92 Å². The zero-order valence-electron chi connectivity index (χ0n) is 13.8. The normalized spacial score (nSPS) is 20.9. The predicted octanol–water partition coefficient (Wildman–Crippen LogP) is 1.82. The Morgan fingerprint density at radius 3 is 2.79 bits per heavy atom. The third-order valence-corrected chi connectivity index (χ3v) is 4.36. The van der Waals surface area contributed by atoms with Gasteiger partial charge in [0.05, 0.1) is 31.4 Å². The molecule has 2 N–H and O–H groups in total. The third-order valence-electron chi connectivity index (χ3n) is 4.36. The first-order chi connectivity index (χ1) is 11.6. The summed E-state index contributed by atoms with van der Waals surface area (Å²) in [5.41, 5.74) is 0.978. The first kappa shape index (κ1) is 16.5. The molecule has 0 saturated heterocycles. The van der Waals surface area contributed by atoms with Crippen LogP contribution in [0.2, 0.25) is 0 Å². The van der Waals surface area contributed by atoms with Gasteiger partial charge in [0, 0.05) is 18.8 Å². The molecule has 1 heterocycles. The number of aryl methyl sites for hydroxylation is 1. The van der Waals surface area contributed by atoms with Gasteiger partial charge >= 0.3 is 0 Å². The van der Waals surface area contributed by atoms with Crippen molar-refractivity contribution in [2.24, 2.45) is 13.0 Å². The van der Waals surface area contributed by atoms with Crippen LogP contribution in [-0.4, -0.2) is 33.5 Å². The number of hydrogen-bond acceptors (Lipinski definition) is 4. The van der Waals surface area contributed by atoms with Crippen molar-refractivity contribution in [1.29, 1.82) is 0 Å². The second-order valence-corrected chi connectivity index (χ2v) is 6.29. The summed E-state index contributed by atoms with van der Waals surface area (Å²) in [6, 6.07) is 9.35. The van der Waals surface area contributed by atoms with Gasteiger partial charge in [-0.2, -0.15) is 5.10 Å². The van der Waals surface area contributed by atoms with Crippen LogP contribution in [0.1, 0.15) is 30.9 Å². The molecule has 0 aliphatic heterocycles. The molecular formula is C18H23N3O3. The maximum Gasteiger partial charge on any atom is 0.223 e. The van der Waals surface area contributed by atoms with Gasteiger partial charge in [-0.3, -0.25) is 9.48 Å². The van der Waals surface area contributed by atoms with Crippen LogP contribution in [-0.2, 0) is 11.8 Å². The van der Waals surface area contributed by atoms with E-state index in [0.717, 1.165) is 11.3 Å². The van der Waals surface area contributed by atoms with Crippen LogP contribution >= 0.6 is 0 Å². The number of aliphatic hydroxyl groups is 1. The molecule has 3 rings (SSSR count). The number of nitrogens with zero attached hydrogens (tertiary/aromatic N) is 2. The van der Waals surface area contributed by atoms with Crippen molar-refractivity contribution in [3.05, 3.63) is 48.3 Å². The second kappa shape index (κ2) is 7.49. The van der Waals surface area contributed by atoms with Crippen molar-refractivity contribution in [2.75, 3.05) is 6.61 Å². The fourth-order valence-corrected chi connectivity index (χ4v) is 3.00. The number of benzene rings is 1. The van der Waals surface area contributed by atoms with Gasteiger partial charge in [-0.1, -0.05) is 18.2 Å². The van der Waals surface area contributed by atoms with Crippen molar-refractivity contribution in [3.63, 3.8) is 0 Å². The van der Waals surface area contributed by atoms with Gasteiger partial charge in [0.25, 0.3) is 0 Å². The zero-order chi connectivity index (χ0) is 16.9. The number of aromatic nitrogens is 2. The summed E-state index contributed by atoms with van der Waals surface area (Å²) in [7, 11) is 1.85. The maximum absolute atomic E-state index is 12.3. The number of hydrogen-bond donors (Lipinski definition) is 2. The summed E-state index contributed by atoms with van der Waals surface area (Å²) in [5.74, 6) is 0.959. The highest BCUT2D eigenvalue weighted by Gasteiger charge is 2.36. The molecule has 0 radical (unpaired) electrons. The number of aliphatic hydroxyl groups excluding tert-OH is 1. The number of carbonyl (C=O) groups is 1. The van der Waals surface area contributed by atoms with Crippen molar-refractivity contribution < 1.29 is 14.6 Å². The van der Waals surface area contributed by atoms with E-state index >= 15 is 0 Å². The molecule has 1 fully saturated rings. The molecule has 1 amide bonds. The van der Waals surface area contributed by atoms with Gasteiger partial charge in [0.15, 0.2) is 0 Å². The first-order valence-electron chi connectivity index (χ1n) is 8.25. The minimum Gasteiger partial charge on any atom is -0.493 e. The highest BCUT2D eigenvalue weighted by atomic mass is 16.5.